The normalized spacial score (nSPS) is 16.7. The molecule has 29 heavy (non-hydrogen) atoms. The molecule has 0 spiro atoms. The lowest BCUT2D eigenvalue weighted by atomic mass is 9.95. The van der Waals surface area contributed by atoms with Crippen LogP contribution in [0.4, 0.5) is 9.52 Å². The van der Waals surface area contributed by atoms with Gasteiger partial charge in [-0.25, -0.2) is 4.39 Å². The molecule has 10 heteroatoms. The van der Waals surface area contributed by atoms with Crippen molar-refractivity contribution in [3.63, 3.8) is 0 Å². The second-order valence-corrected chi connectivity index (χ2v) is 9.40. The minimum atomic E-state index is -0.926. The number of benzene rings is 1. The third kappa shape index (κ3) is 3.59. The Bertz CT molecular complexity index is 1090. The zero-order chi connectivity index (χ0) is 20.5. The van der Waals surface area contributed by atoms with Gasteiger partial charge in [0.15, 0.2) is 10.1 Å². The van der Waals surface area contributed by atoms with Gasteiger partial charge >= 0.3 is 0 Å². The fraction of sp³-hybridized carbons (Fsp3) is 0.158. The Morgan fingerprint density at radius 3 is 2.69 bits per heavy atom. The van der Waals surface area contributed by atoms with E-state index in [2.05, 4.69) is 10.2 Å². The summed E-state index contributed by atoms with van der Waals surface area (Å²) in [5.74, 6) is -1.46. The summed E-state index contributed by atoms with van der Waals surface area (Å²) in [6, 6.07) is 7.90. The number of thiophene rings is 1. The molecule has 0 saturated heterocycles. The average molecular weight is 448 g/mol. The SMILES string of the molecule is CCSc1nnc(N2C(=O)C(O)=C(C(=O)c3cccs3)C2c2ccc(F)cc2)s1. The number of aliphatic hydroxyl groups is 1. The molecule has 1 aromatic carbocycles. The van der Waals surface area contributed by atoms with E-state index in [4.69, 9.17) is 0 Å². The molecule has 148 valence electrons. The largest absolute Gasteiger partial charge is 0.503 e. The van der Waals surface area contributed by atoms with Gasteiger partial charge < -0.3 is 5.11 Å². The molecule has 6 nitrogen and oxygen atoms in total. The lowest BCUT2D eigenvalue weighted by Gasteiger charge is -2.23. The van der Waals surface area contributed by atoms with Crippen LogP contribution in [-0.4, -0.2) is 32.7 Å². The van der Waals surface area contributed by atoms with Gasteiger partial charge in [-0.05, 0) is 34.9 Å². The van der Waals surface area contributed by atoms with Gasteiger partial charge in [0.1, 0.15) is 5.82 Å². The first-order valence-electron chi connectivity index (χ1n) is 8.58. The molecule has 0 aliphatic carbocycles. The number of carbonyl (C=O) groups is 2. The van der Waals surface area contributed by atoms with E-state index in [0.29, 0.717) is 14.8 Å². The highest BCUT2D eigenvalue weighted by molar-refractivity contribution is 8.01. The minimum absolute atomic E-state index is 0.0519. The summed E-state index contributed by atoms with van der Waals surface area (Å²) in [6.07, 6.45) is 0. The number of halogens is 1. The van der Waals surface area contributed by atoms with E-state index in [1.54, 1.807) is 17.5 Å². The molecule has 1 N–H and O–H groups in total. The molecule has 1 amide bonds. The van der Waals surface area contributed by atoms with Crippen LogP contribution in [-0.2, 0) is 4.79 Å². The molecule has 0 bridgehead atoms. The standard InChI is InChI=1S/C19H14FN3O3S3/c1-2-27-19-22-21-18(29-19)23-14(10-5-7-11(20)8-6-10)13(16(25)17(23)26)15(24)12-4-3-9-28-12/h3-9,14,25H,2H2,1H3. The number of rotatable bonds is 6. The first-order chi connectivity index (χ1) is 14.0. The molecular weight excluding hydrogens is 433 g/mol. The average Bonchev–Trinajstić information content (AvgIpc) is 3.44. The summed E-state index contributed by atoms with van der Waals surface area (Å²) >= 11 is 3.89. The topological polar surface area (TPSA) is 83.4 Å². The first-order valence-corrected chi connectivity index (χ1v) is 11.3. The van der Waals surface area contributed by atoms with Gasteiger partial charge in [-0.2, -0.15) is 0 Å². The predicted octanol–water partition coefficient (Wildman–Crippen LogP) is 4.63. The van der Waals surface area contributed by atoms with E-state index in [1.165, 1.54) is 63.6 Å². The van der Waals surface area contributed by atoms with Gasteiger partial charge in [-0.15, -0.1) is 21.5 Å². The number of Topliss-reactive ketones (excluding diaryl/α,β-unsaturated/α-hetero) is 1. The quantitative estimate of drug-likeness (QED) is 0.337. The van der Waals surface area contributed by atoms with Crippen molar-refractivity contribution in [2.75, 3.05) is 10.7 Å². The van der Waals surface area contributed by atoms with Crippen molar-refractivity contribution in [1.82, 2.24) is 10.2 Å². The fourth-order valence-corrected chi connectivity index (χ4v) is 5.46. The Morgan fingerprint density at radius 2 is 2.03 bits per heavy atom. The van der Waals surface area contributed by atoms with Gasteiger partial charge in [0, 0.05) is 0 Å². The number of hydrogen-bond acceptors (Lipinski definition) is 8. The Balaban J connectivity index is 1.83. The maximum atomic E-state index is 13.5. The van der Waals surface area contributed by atoms with Crippen LogP contribution in [0, 0.1) is 5.82 Å². The van der Waals surface area contributed by atoms with Gasteiger partial charge in [-0.1, -0.05) is 48.2 Å². The number of aromatic nitrogens is 2. The molecule has 3 heterocycles. The highest BCUT2D eigenvalue weighted by Gasteiger charge is 2.46. The lowest BCUT2D eigenvalue weighted by Crippen LogP contribution is -2.31. The molecule has 2 aromatic heterocycles. The van der Waals surface area contributed by atoms with Crippen molar-refractivity contribution >= 4 is 51.3 Å². The first kappa shape index (κ1) is 19.7. The molecular formula is C19H14FN3O3S3. The van der Waals surface area contributed by atoms with E-state index in [-0.39, 0.29) is 10.7 Å². The van der Waals surface area contributed by atoms with Gasteiger partial charge in [0.25, 0.3) is 5.91 Å². The van der Waals surface area contributed by atoms with E-state index in [0.717, 1.165) is 5.75 Å². The number of amides is 1. The highest BCUT2D eigenvalue weighted by Crippen LogP contribution is 2.43. The number of anilines is 1. The molecule has 0 fully saturated rings. The van der Waals surface area contributed by atoms with E-state index in [9.17, 15) is 19.1 Å². The molecule has 1 atom stereocenters. The second-order valence-electron chi connectivity index (χ2n) is 5.98. The number of thioether (sulfide) groups is 1. The van der Waals surface area contributed by atoms with Crippen LogP contribution in [0.2, 0.25) is 0 Å². The van der Waals surface area contributed by atoms with Crippen molar-refractivity contribution in [3.8, 4) is 0 Å². The molecule has 0 saturated carbocycles. The number of ketones is 1. The smallest absolute Gasteiger partial charge is 0.296 e. The molecule has 1 aliphatic rings. The number of nitrogens with zero attached hydrogens (tertiary/aromatic N) is 3. The van der Waals surface area contributed by atoms with Crippen LogP contribution in [0.25, 0.3) is 0 Å². The molecule has 1 aliphatic heterocycles. The summed E-state index contributed by atoms with van der Waals surface area (Å²) in [7, 11) is 0. The fourth-order valence-electron chi connectivity index (χ4n) is 3.02. The van der Waals surface area contributed by atoms with Gasteiger partial charge in [0.2, 0.25) is 10.9 Å². The van der Waals surface area contributed by atoms with Gasteiger partial charge in [0.05, 0.1) is 16.5 Å². The van der Waals surface area contributed by atoms with Crippen molar-refractivity contribution in [2.24, 2.45) is 0 Å². The van der Waals surface area contributed by atoms with E-state index in [1.807, 2.05) is 6.92 Å². The Labute approximate surface area is 177 Å². The summed E-state index contributed by atoms with van der Waals surface area (Å²) in [5, 5.41) is 20.8. The Morgan fingerprint density at radius 1 is 1.28 bits per heavy atom. The van der Waals surface area contributed by atoms with Crippen LogP contribution in [0.1, 0.15) is 28.2 Å². The van der Waals surface area contributed by atoms with E-state index >= 15 is 0 Å². The summed E-state index contributed by atoms with van der Waals surface area (Å²) in [5.41, 5.74) is 0.438. The van der Waals surface area contributed by atoms with Crippen molar-refractivity contribution in [3.05, 3.63) is 69.4 Å². The van der Waals surface area contributed by atoms with Crippen LogP contribution >= 0.6 is 34.4 Å². The maximum Gasteiger partial charge on any atom is 0.296 e. The van der Waals surface area contributed by atoms with Crippen LogP contribution in [0.15, 0.2) is 57.5 Å². The number of hydrogen-bond donors (Lipinski definition) is 1. The third-order valence-corrected chi connectivity index (χ3v) is 7.06. The summed E-state index contributed by atoms with van der Waals surface area (Å²) in [6.45, 7) is 1.97. The zero-order valence-electron chi connectivity index (χ0n) is 15.0. The predicted molar refractivity (Wildman–Crippen MR) is 111 cm³/mol. The molecule has 3 aromatic rings. The molecule has 4 rings (SSSR count). The van der Waals surface area contributed by atoms with Crippen molar-refractivity contribution < 1.29 is 19.1 Å². The Hall–Kier alpha value is -2.56. The zero-order valence-corrected chi connectivity index (χ0v) is 17.5. The lowest BCUT2D eigenvalue weighted by molar-refractivity contribution is -0.117. The van der Waals surface area contributed by atoms with Crippen molar-refractivity contribution in [1.29, 1.82) is 0 Å². The maximum absolute atomic E-state index is 13.5. The van der Waals surface area contributed by atoms with Gasteiger partial charge in [-0.3, -0.25) is 14.5 Å². The minimum Gasteiger partial charge on any atom is -0.503 e. The summed E-state index contributed by atoms with van der Waals surface area (Å²) < 4.78 is 14.2. The third-order valence-electron chi connectivity index (χ3n) is 4.25. The van der Waals surface area contributed by atoms with Crippen LogP contribution < -0.4 is 4.90 Å². The number of aliphatic hydroxyl groups excluding tert-OH is 1. The van der Waals surface area contributed by atoms with E-state index < -0.39 is 29.3 Å². The number of carbonyl (C=O) groups excluding carboxylic acids is 2. The highest BCUT2D eigenvalue weighted by atomic mass is 32.2. The van der Waals surface area contributed by atoms with Crippen molar-refractivity contribution in [2.45, 2.75) is 17.3 Å². The Kier molecular flexibility index (Phi) is 5.48. The summed E-state index contributed by atoms with van der Waals surface area (Å²) in [4.78, 5) is 27.7. The monoisotopic (exact) mass is 447 g/mol. The van der Waals surface area contributed by atoms with Crippen LogP contribution in [0.3, 0.4) is 0 Å². The molecule has 0 radical (unpaired) electrons. The van der Waals surface area contributed by atoms with Crippen LogP contribution in [0.5, 0.6) is 0 Å². The molecule has 1 unspecified atom stereocenters. The second kappa shape index (κ2) is 8.05.